The third-order valence-electron chi connectivity index (χ3n) is 3.35. The van der Waals surface area contributed by atoms with E-state index in [1.807, 2.05) is 0 Å². The predicted molar refractivity (Wildman–Crippen MR) is 72.1 cm³/mol. The van der Waals surface area contributed by atoms with Crippen molar-refractivity contribution < 1.29 is 13.9 Å². The van der Waals surface area contributed by atoms with Gasteiger partial charge in [0.2, 0.25) is 5.91 Å². The number of azide groups is 1. The van der Waals surface area contributed by atoms with Crippen molar-refractivity contribution >= 4 is 11.6 Å². The molecule has 1 aliphatic rings. The van der Waals surface area contributed by atoms with Crippen molar-refractivity contribution in [3.05, 3.63) is 40.3 Å². The molecule has 2 rings (SSSR count). The van der Waals surface area contributed by atoms with Crippen LogP contribution < -0.4 is 4.90 Å². The second-order valence-corrected chi connectivity index (χ2v) is 4.47. The van der Waals surface area contributed by atoms with Crippen LogP contribution in [0.3, 0.4) is 0 Å². The van der Waals surface area contributed by atoms with Crippen LogP contribution in [0.4, 0.5) is 10.1 Å². The van der Waals surface area contributed by atoms with Crippen LogP contribution in [0, 0.1) is 0 Å². The Morgan fingerprint density at radius 1 is 1.50 bits per heavy atom. The maximum Gasteiger partial charge on any atom is 0.228 e. The van der Waals surface area contributed by atoms with Crippen LogP contribution in [-0.4, -0.2) is 32.3 Å². The highest BCUT2D eigenvalue weighted by atomic mass is 19.1. The molecule has 1 saturated heterocycles. The molecule has 0 aliphatic carbocycles. The Bertz CT molecular complexity index is 528. The lowest BCUT2D eigenvalue weighted by Crippen LogP contribution is -2.43. The number of anilines is 1. The maximum atomic E-state index is 12.9. The number of alkyl halides is 1. The summed E-state index contributed by atoms with van der Waals surface area (Å²) in [5, 5.41) is 3.40. The molecule has 0 N–H and O–H groups in total. The van der Waals surface area contributed by atoms with Gasteiger partial charge in [0, 0.05) is 30.7 Å². The fourth-order valence-electron chi connectivity index (χ4n) is 2.19. The van der Waals surface area contributed by atoms with Crippen LogP contribution in [0.2, 0.25) is 0 Å². The van der Waals surface area contributed by atoms with Gasteiger partial charge in [0.15, 0.2) is 0 Å². The van der Waals surface area contributed by atoms with Gasteiger partial charge >= 0.3 is 0 Å². The Morgan fingerprint density at radius 3 is 2.60 bits per heavy atom. The smallest absolute Gasteiger partial charge is 0.228 e. The highest BCUT2D eigenvalue weighted by Crippen LogP contribution is 2.28. The number of β-lactam (4-membered cyclic amide) rings is 1. The van der Waals surface area contributed by atoms with E-state index in [-0.39, 0.29) is 5.91 Å². The van der Waals surface area contributed by atoms with Gasteiger partial charge in [-0.25, -0.2) is 0 Å². The van der Waals surface area contributed by atoms with Gasteiger partial charge in [-0.15, -0.1) is 0 Å². The summed E-state index contributed by atoms with van der Waals surface area (Å²) in [6.07, 6.45) is -0.0690. The minimum atomic E-state index is -0.901. The summed E-state index contributed by atoms with van der Waals surface area (Å²) in [5.74, 6) is 0.0942. The Hall–Kier alpha value is -2.11. The van der Waals surface area contributed by atoms with E-state index >= 15 is 0 Å². The number of carbonyl (C=O) groups is 1. The minimum Gasteiger partial charge on any atom is -0.376 e. The lowest BCUT2D eigenvalue weighted by atomic mass is 10.0. The zero-order chi connectivity index (χ0) is 14.5. The minimum absolute atomic E-state index is 0.0942. The van der Waals surface area contributed by atoms with Crippen molar-refractivity contribution in [2.75, 3.05) is 25.2 Å². The van der Waals surface area contributed by atoms with Gasteiger partial charge < -0.3 is 9.64 Å². The van der Waals surface area contributed by atoms with Gasteiger partial charge in [-0.05, 0) is 23.2 Å². The first-order valence-electron chi connectivity index (χ1n) is 6.24. The van der Waals surface area contributed by atoms with Crippen LogP contribution in [0.15, 0.2) is 29.4 Å². The average Bonchev–Trinajstić information content (AvgIpc) is 2.47. The molecule has 1 fully saturated rings. The molecule has 1 aromatic carbocycles. The van der Waals surface area contributed by atoms with Crippen LogP contribution in [0.1, 0.15) is 18.1 Å². The Kier molecular flexibility index (Phi) is 4.55. The molecule has 1 aromatic rings. The Balaban J connectivity index is 2.18. The summed E-state index contributed by atoms with van der Waals surface area (Å²) in [4.78, 5) is 15.6. The average molecular weight is 278 g/mol. The number of hydrogen-bond acceptors (Lipinski definition) is 3. The molecule has 0 aromatic heterocycles. The molecule has 0 spiro atoms. The maximum absolute atomic E-state index is 12.9. The quantitative estimate of drug-likeness (QED) is 0.347. The van der Waals surface area contributed by atoms with Crippen molar-refractivity contribution in [1.29, 1.82) is 0 Å². The second-order valence-electron chi connectivity index (χ2n) is 4.47. The van der Waals surface area contributed by atoms with E-state index in [1.165, 1.54) is 7.11 Å². The highest BCUT2D eigenvalue weighted by molar-refractivity contribution is 5.99. The normalized spacial score (nSPS) is 17.1. The molecule has 1 amide bonds. The van der Waals surface area contributed by atoms with Gasteiger partial charge in [0.05, 0.1) is 12.1 Å². The molecule has 20 heavy (non-hydrogen) atoms. The van der Waals surface area contributed by atoms with E-state index in [2.05, 4.69) is 10.0 Å². The van der Waals surface area contributed by atoms with Crippen molar-refractivity contribution in [2.24, 2.45) is 5.11 Å². The van der Waals surface area contributed by atoms with Crippen molar-refractivity contribution in [3.63, 3.8) is 0 Å². The van der Waals surface area contributed by atoms with E-state index < -0.39 is 18.8 Å². The third-order valence-corrected chi connectivity index (χ3v) is 3.35. The van der Waals surface area contributed by atoms with Crippen molar-refractivity contribution in [1.82, 2.24) is 0 Å². The molecule has 0 bridgehead atoms. The molecule has 106 valence electrons. The van der Waals surface area contributed by atoms with Crippen LogP contribution in [0.5, 0.6) is 0 Å². The van der Waals surface area contributed by atoms with Gasteiger partial charge in [0.25, 0.3) is 0 Å². The molecule has 0 radical (unpaired) electrons. The lowest BCUT2D eigenvalue weighted by molar-refractivity contribution is -0.122. The Morgan fingerprint density at radius 2 is 2.20 bits per heavy atom. The fraction of sp³-hybridized carbons (Fsp3) is 0.462. The molecule has 1 heterocycles. The first-order chi connectivity index (χ1) is 9.71. The van der Waals surface area contributed by atoms with Crippen LogP contribution in [0.25, 0.3) is 10.4 Å². The fourth-order valence-corrected chi connectivity index (χ4v) is 2.19. The third kappa shape index (κ3) is 2.74. The van der Waals surface area contributed by atoms with Crippen LogP contribution >= 0.6 is 0 Å². The van der Waals surface area contributed by atoms with Crippen molar-refractivity contribution in [2.45, 2.75) is 18.6 Å². The van der Waals surface area contributed by atoms with Crippen LogP contribution in [-0.2, 0) is 9.53 Å². The number of carbonyl (C=O) groups excluding carboxylic acids is 1. The predicted octanol–water partition coefficient (Wildman–Crippen LogP) is 2.76. The van der Waals surface area contributed by atoms with Gasteiger partial charge in [0.1, 0.15) is 6.67 Å². The summed E-state index contributed by atoms with van der Waals surface area (Å²) in [6.45, 7) is -0.0767. The van der Waals surface area contributed by atoms with E-state index in [4.69, 9.17) is 10.3 Å². The monoisotopic (exact) mass is 278 g/mol. The lowest BCUT2D eigenvalue weighted by Gasteiger charge is -2.31. The second kappa shape index (κ2) is 6.36. The van der Waals surface area contributed by atoms with E-state index in [0.29, 0.717) is 12.0 Å². The first-order valence-corrected chi connectivity index (χ1v) is 6.24. The number of rotatable bonds is 6. The number of ether oxygens (including phenoxy) is 1. The van der Waals surface area contributed by atoms with E-state index in [1.54, 1.807) is 29.2 Å². The molecule has 0 saturated carbocycles. The van der Waals surface area contributed by atoms with Gasteiger partial charge in [-0.3, -0.25) is 9.18 Å². The standard InChI is InChI=1S/C13H15FN4O2/c1-20-13(11(8-14)16-17-15)9-2-4-10(5-3-9)18-7-6-12(18)19/h2-5,11,13H,6-8H2,1H3/t11-,13-/m1/s1. The van der Waals surface area contributed by atoms with Crippen molar-refractivity contribution in [3.8, 4) is 0 Å². The topological polar surface area (TPSA) is 78.3 Å². The van der Waals surface area contributed by atoms with Gasteiger partial charge in [-0.1, -0.05) is 17.2 Å². The van der Waals surface area contributed by atoms with E-state index in [0.717, 1.165) is 12.2 Å². The zero-order valence-corrected chi connectivity index (χ0v) is 11.1. The summed E-state index contributed by atoms with van der Waals surface area (Å²) in [5.41, 5.74) is 9.95. The summed E-state index contributed by atoms with van der Waals surface area (Å²) >= 11 is 0. The SMILES string of the molecule is CO[C@H](c1ccc(N2CCC2=O)cc1)[C@@H](CF)N=[N+]=[N-]. The number of methoxy groups -OCH3 is 1. The first kappa shape index (κ1) is 14.3. The molecular weight excluding hydrogens is 263 g/mol. The molecular formula is C13H15FN4O2. The largest absolute Gasteiger partial charge is 0.376 e. The summed E-state index contributed by atoms with van der Waals surface area (Å²) in [6, 6.07) is 6.17. The van der Waals surface area contributed by atoms with Gasteiger partial charge in [-0.2, -0.15) is 0 Å². The number of amides is 1. The molecule has 2 atom stereocenters. The summed E-state index contributed by atoms with van der Waals surface area (Å²) in [7, 11) is 1.44. The number of benzene rings is 1. The molecule has 1 aliphatic heterocycles. The molecule has 0 unspecified atom stereocenters. The Labute approximate surface area is 115 Å². The number of hydrogen-bond donors (Lipinski definition) is 0. The van der Waals surface area contributed by atoms with E-state index in [9.17, 15) is 9.18 Å². The number of halogens is 1. The highest BCUT2D eigenvalue weighted by Gasteiger charge is 2.26. The zero-order valence-electron chi connectivity index (χ0n) is 11.1. The summed E-state index contributed by atoms with van der Waals surface area (Å²) < 4.78 is 18.1. The molecule has 7 heteroatoms. The molecule has 6 nitrogen and oxygen atoms in total. The number of nitrogens with zero attached hydrogens (tertiary/aromatic N) is 4.